The zero-order chi connectivity index (χ0) is 23.0. The SMILES string of the molecule is O=C(COC(=O)C1CCN(C(=O)OCC(F)(F)F)CC1)Nc1ccccc1OC(F)F. The molecule has 8 nitrogen and oxygen atoms in total. The molecule has 0 unspecified atom stereocenters. The maximum Gasteiger partial charge on any atom is 0.422 e. The Morgan fingerprint density at radius 3 is 2.35 bits per heavy atom. The molecule has 2 rings (SSSR count). The molecule has 2 amide bonds. The minimum atomic E-state index is -4.63. The molecule has 0 atom stereocenters. The van der Waals surface area contributed by atoms with Gasteiger partial charge in [0, 0.05) is 13.1 Å². The van der Waals surface area contributed by atoms with Crippen LogP contribution in [0.3, 0.4) is 0 Å². The standard InChI is InChI=1S/C18H19F5N2O6/c19-16(20)31-13-4-2-1-3-12(13)24-14(26)9-29-15(27)11-5-7-25(8-6-11)17(28)30-10-18(21,22)23/h1-4,11,16H,5-10H2,(H,24,26). The molecular weight excluding hydrogens is 435 g/mol. The van der Waals surface area contributed by atoms with Crippen molar-refractivity contribution in [1.29, 1.82) is 0 Å². The molecule has 1 aromatic carbocycles. The van der Waals surface area contributed by atoms with Crippen molar-refractivity contribution in [3.63, 3.8) is 0 Å². The van der Waals surface area contributed by atoms with E-state index in [1.54, 1.807) is 0 Å². The minimum Gasteiger partial charge on any atom is -0.455 e. The molecular formula is C18H19F5N2O6. The molecule has 0 saturated carbocycles. The molecule has 13 heteroatoms. The van der Waals surface area contributed by atoms with Crippen LogP contribution in [-0.4, -0.2) is 62.0 Å². The third-order valence-electron chi connectivity index (χ3n) is 4.17. The number of ether oxygens (including phenoxy) is 3. The highest BCUT2D eigenvalue weighted by atomic mass is 19.4. The summed E-state index contributed by atoms with van der Waals surface area (Å²) in [6.07, 6.45) is -5.53. The lowest BCUT2D eigenvalue weighted by atomic mass is 9.97. The van der Waals surface area contributed by atoms with Gasteiger partial charge in [0.15, 0.2) is 13.2 Å². The quantitative estimate of drug-likeness (QED) is 0.503. The van der Waals surface area contributed by atoms with Crippen molar-refractivity contribution in [2.45, 2.75) is 25.6 Å². The number of hydrogen-bond acceptors (Lipinski definition) is 6. The summed E-state index contributed by atoms with van der Waals surface area (Å²) in [5.74, 6) is -2.43. The van der Waals surface area contributed by atoms with Crippen LogP contribution in [0.25, 0.3) is 0 Å². The fourth-order valence-corrected chi connectivity index (χ4v) is 2.74. The Morgan fingerprint density at radius 1 is 1.10 bits per heavy atom. The van der Waals surface area contributed by atoms with Crippen molar-refractivity contribution >= 4 is 23.7 Å². The van der Waals surface area contributed by atoms with Gasteiger partial charge in [0.05, 0.1) is 11.6 Å². The van der Waals surface area contributed by atoms with Crippen LogP contribution in [0, 0.1) is 5.92 Å². The second-order valence-electron chi connectivity index (χ2n) is 6.46. The topological polar surface area (TPSA) is 94.2 Å². The molecule has 172 valence electrons. The number of piperidine rings is 1. The number of anilines is 1. The molecule has 1 aromatic rings. The summed E-state index contributed by atoms with van der Waals surface area (Å²) in [6, 6.07) is 5.46. The molecule has 1 N–H and O–H groups in total. The fourth-order valence-electron chi connectivity index (χ4n) is 2.74. The Bertz CT molecular complexity index is 781. The summed E-state index contributed by atoms with van der Waals surface area (Å²) >= 11 is 0. The maximum atomic E-state index is 12.4. The number of alkyl halides is 5. The summed E-state index contributed by atoms with van der Waals surface area (Å²) in [5, 5.41) is 2.29. The van der Waals surface area contributed by atoms with E-state index in [0.29, 0.717) is 0 Å². The zero-order valence-electron chi connectivity index (χ0n) is 16.0. The van der Waals surface area contributed by atoms with Gasteiger partial charge in [-0.25, -0.2) is 4.79 Å². The number of nitrogens with zero attached hydrogens (tertiary/aromatic N) is 1. The highest BCUT2D eigenvalue weighted by Gasteiger charge is 2.33. The van der Waals surface area contributed by atoms with Gasteiger partial charge in [-0.1, -0.05) is 12.1 Å². The van der Waals surface area contributed by atoms with Crippen LogP contribution in [0.4, 0.5) is 32.4 Å². The summed E-state index contributed by atoms with van der Waals surface area (Å²) in [6.45, 7) is -5.50. The van der Waals surface area contributed by atoms with E-state index >= 15 is 0 Å². The summed E-state index contributed by atoms with van der Waals surface area (Å²) in [5.41, 5.74) is -0.0328. The van der Waals surface area contributed by atoms with Gasteiger partial charge in [-0.3, -0.25) is 9.59 Å². The van der Waals surface area contributed by atoms with E-state index in [2.05, 4.69) is 14.8 Å². The number of rotatable bonds is 7. The molecule has 1 fully saturated rings. The molecule has 0 aliphatic carbocycles. The summed E-state index contributed by atoms with van der Waals surface area (Å²) < 4.78 is 74.3. The second kappa shape index (κ2) is 10.8. The number of hydrogen-bond donors (Lipinski definition) is 1. The Hall–Kier alpha value is -3.12. The van der Waals surface area contributed by atoms with Crippen molar-refractivity contribution in [1.82, 2.24) is 4.90 Å². The van der Waals surface area contributed by atoms with E-state index < -0.39 is 49.9 Å². The van der Waals surface area contributed by atoms with Gasteiger partial charge in [0.25, 0.3) is 5.91 Å². The number of para-hydroxylation sites is 2. The van der Waals surface area contributed by atoms with Gasteiger partial charge in [-0.2, -0.15) is 22.0 Å². The molecule has 0 bridgehead atoms. The van der Waals surface area contributed by atoms with Crippen molar-refractivity contribution in [2.24, 2.45) is 5.92 Å². The number of benzene rings is 1. The first-order chi connectivity index (χ1) is 14.5. The van der Waals surface area contributed by atoms with Crippen LogP contribution in [0.2, 0.25) is 0 Å². The van der Waals surface area contributed by atoms with Gasteiger partial charge in [0.1, 0.15) is 5.75 Å². The van der Waals surface area contributed by atoms with Crippen molar-refractivity contribution in [3.05, 3.63) is 24.3 Å². The molecule has 0 radical (unpaired) electrons. The van der Waals surface area contributed by atoms with Crippen molar-refractivity contribution < 1.29 is 50.5 Å². The van der Waals surface area contributed by atoms with Crippen LogP contribution < -0.4 is 10.1 Å². The third-order valence-corrected chi connectivity index (χ3v) is 4.17. The third kappa shape index (κ3) is 8.26. The van der Waals surface area contributed by atoms with Gasteiger partial charge in [0.2, 0.25) is 0 Å². The van der Waals surface area contributed by atoms with E-state index in [0.717, 1.165) is 4.90 Å². The maximum absolute atomic E-state index is 12.4. The van der Waals surface area contributed by atoms with E-state index in [1.807, 2.05) is 0 Å². The zero-order valence-corrected chi connectivity index (χ0v) is 16.0. The smallest absolute Gasteiger partial charge is 0.422 e. The fraction of sp³-hybridized carbons (Fsp3) is 0.500. The van der Waals surface area contributed by atoms with Crippen LogP contribution in [0.5, 0.6) is 5.75 Å². The minimum absolute atomic E-state index is 0.0129. The molecule has 1 saturated heterocycles. The number of carbonyl (C=O) groups excluding carboxylic acids is 3. The van der Waals surface area contributed by atoms with E-state index in [-0.39, 0.29) is 37.4 Å². The van der Waals surface area contributed by atoms with Crippen LogP contribution in [0.15, 0.2) is 24.3 Å². The number of esters is 1. The lowest BCUT2D eigenvalue weighted by Gasteiger charge is -2.30. The number of halogens is 5. The monoisotopic (exact) mass is 454 g/mol. The van der Waals surface area contributed by atoms with Gasteiger partial charge in [-0.15, -0.1) is 0 Å². The largest absolute Gasteiger partial charge is 0.455 e. The molecule has 31 heavy (non-hydrogen) atoms. The Balaban J connectivity index is 1.75. The van der Waals surface area contributed by atoms with Crippen LogP contribution in [0.1, 0.15) is 12.8 Å². The van der Waals surface area contributed by atoms with Gasteiger partial charge < -0.3 is 24.4 Å². The van der Waals surface area contributed by atoms with Crippen LogP contribution in [-0.2, 0) is 19.1 Å². The lowest BCUT2D eigenvalue weighted by Crippen LogP contribution is -2.42. The molecule has 0 spiro atoms. The second-order valence-corrected chi connectivity index (χ2v) is 6.46. The predicted octanol–water partition coefficient (Wildman–Crippen LogP) is 3.18. The normalized spacial score (nSPS) is 14.8. The Morgan fingerprint density at radius 2 is 1.74 bits per heavy atom. The molecule has 1 aliphatic heterocycles. The van der Waals surface area contributed by atoms with Crippen molar-refractivity contribution in [2.75, 3.05) is 31.6 Å². The number of carbonyl (C=O) groups is 3. The van der Waals surface area contributed by atoms with Gasteiger partial charge >= 0.3 is 24.9 Å². The summed E-state index contributed by atoms with van der Waals surface area (Å²) in [4.78, 5) is 36.7. The number of nitrogens with one attached hydrogen (secondary N) is 1. The lowest BCUT2D eigenvalue weighted by molar-refractivity contribution is -0.163. The average Bonchev–Trinajstić information content (AvgIpc) is 2.71. The molecule has 1 heterocycles. The highest BCUT2D eigenvalue weighted by molar-refractivity contribution is 5.94. The first-order valence-corrected chi connectivity index (χ1v) is 9.04. The Kier molecular flexibility index (Phi) is 8.39. The van der Waals surface area contributed by atoms with E-state index in [1.165, 1.54) is 24.3 Å². The average molecular weight is 454 g/mol. The van der Waals surface area contributed by atoms with Crippen molar-refractivity contribution in [3.8, 4) is 5.75 Å². The predicted molar refractivity (Wildman–Crippen MR) is 94.4 cm³/mol. The van der Waals surface area contributed by atoms with E-state index in [4.69, 9.17) is 4.74 Å². The van der Waals surface area contributed by atoms with E-state index in [9.17, 15) is 36.3 Å². The first kappa shape index (κ1) is 24.2. The highest BCUT2D eigenvalue weighted by Crippen LogP contribution is 2.25. The van der Waals surface area contributed by atoms with Gasteiger partial charge in [-0.05, 0) is 25.0 Å². The Labute approximate surface area is 173 Å². The number of amides is 2. The number of likely N-dealkylation sites (tertiary alicyclic amines) is 1. The first-order valence-electron chi connectivity index (χ1n) is 9.04. The molecule has 1 aliphatic rings. The van der Waals surface area contributed by atoms with Crippen LogP contribution >= 0.6 is 0 Å². The summed E-state index contributed by atoms with van der Waals surface area (Å²) in [7, 11) is 0. The molecule has 0 aromatic heterocycles.